The molecule has 76 valence electrons. The van der Waals surface area contributed by atoms with Gasteiger partial charge in [0.05, 0.1) is 6.07 Å². The zero-order valence-corrected chi connectivity index (χ0v) is 7.88. The Morgan fingerprint density at radius 3 is 2.80 bits per heavy atom. The van der Waals surface area contributed by atoms with Gasteiger partial charge in [0.25, 0.3) is 0 Å². The monoisotopic (exact) mass is 205 g/mol. The fourth-order valence-electron chi connectivity index (χ4n) is 1.16. The molecule has 0 aromatic carbocycles. The van der Waals surface area contributed by atoms with E-state index in [1.165, 1.54) is 12.1 Å². The minimum atomic E-state index is -0.586. The maximum Gasteiger partial charge on any atom is 0.433 e. The predicted octanol–water partition coefficient (Wildman–Crippen LogP) is 1.95. The first-order chi connectivity index (χ1) is 7.16. The molecule has 2 heterocycles. The van der Waals surface area contributed by atoms with Crippen molar-refractivity contribution in [2.24, 2.45) is 0 Å². The highest BCUT2D eigenvalue weighted by Gasteiger charge is 2.13. The van der Waals surface area contributed by atoms with Crippen LogP contribution in [0.25, 0.3) is 11.5 Å². The summed E-state index contributed by atoms with van der Waals surface area (Å²) in [6.45, 7) is 1.74. The van der Waals surface area contributed by atoms with E-state index in [1.807, 2.05) is 0 Å². The van der Waals surface area contributed by atoms with Gasteiger partial charge in [-0.2, -0.15) is 0 Å². The molecule has 0 saturated carbocycles. The molecule has 0 atom stereocenters. The molecular weight excluding hydrogens is 198 g/mol. The first-order valence-corrected chi connectivity index (χ1v) is 4.21. The summed E-state index contributed by atoms with van der Waals surface area (Å²) in [6.07, 6.45) is 1.58. The Kier molecular flexibility index (Phi) is 2.17. The highest BCUT2D eigenvalue weighted by Crippen LogP contribution is 2.23. The Balaban J connectivity index is 2.41. The van der Waals surface area contributed by atoms with Crippen molar-refractivity contribution < 1.29 is 9.34 Å². The summed E-state index contributed by atoms with van der Waals surface area (Å²) in [6, 6.07) is 4.45. The van der Waals surface area contributed by atoms with Crippen LogP contribution >= 0.6 is 0 Å². The minimum absolute atomic E-state index is 0.290. The van der Waals surface area contributed by atoms with Crippen molar-refractivity contribution in [1.82, 2.24) is 9.97 Å². The lowest BCUT2D eigenvalue weighted by atomic mass is 10.3. The molecule has 2 aromatic rings. The summed E-state index contributed by atoms with van der Waals surface area (Å²) >= 11 is 0. The Bertz CT molecular complexity index is 507. The van der Waals surface area contributed by atoms with Gasteiger partial charge in [-0.25, -0.2) is 9.97 Å². The smallest absolute Gasteiger partial charge is 0.399 e. The van der Waals surface area contributed by atoms with E-state index in [1.54, 1.807) is 19.2 Å². The molecule has 0 aliphatic carbocycles. The Labute approximate surface area is 84.7 Å². The molecule has 0 fully saturated rings. The van der Waals surface area contributed by atoms with Crippen LogP contribution in [-0.4, -0.2) is 14.9 Å². The van der Waals surface area contributed by atoms with E-state index in [2.05, 4.69) is 9.97 Å². The maximum atomic E-state index is 10.4. The van der Waals surface area contributed by atoms with Crippen LogP contribution in [0, 0.1) is 17.0 Å². The van der Waals surface area contributed by atoms with Crippen molar-refractivity contribution in [2.75, 3.05) is 0 Å². The standard InChI is InChI=1S/C9H7N3O3/c1-6-10-5-4-7(11-6)8-2-3-9(15-8)12(13)14/h2-5H,1H3. The van der Waals surface area contributed by atoms with Gasteiger partial charge in [0, 0.05) is 6.20 Å². The molecule has 6 nitrogen and oxygen atoms in total. The summed E-state index contributed by atoms with van der Waals surface area (Å²) in [7, 11) is 0. The number of aryl methyl sites for hydroxylation is 1. The van der Waals surface area contributed by atoms with Gasteiger partial charge >= 0.3 is 5.88 Å². The third-order valence-electron chi connectivity index (χ3n) is 1.80. The van der Waals surface area contributed by atoms with Crippen molar-refractivity contribution in [3.8, 4) is 11.5 Å². The summed E-state index contributed by atoms with van der Waals surface area (Å²) in [5, 5.41) is 10.4. The third kappa shape index (κ3) is 1.83. The van der Waals surface area contributed by atoms with Crippen LogP contribution in [0.2, 0.25) is 0 Å². The maximum absolute atomic E-state index is 10.4. The van der Waals surface area contributed by atoms with Gasteiger partial charge in [0.15, 0.2) is 5.76 Å². The van der Waals surface area contributed by atoms with Crippen LogP contribution < -0.4 is 0 Å². The molecule has 15 heavy (non-hydrogen) atoms. The fourth-order valence-corrected chi connectivity index (χ4v) is 1.16. The second-order valence-electron chi connectivity index (χ2n) is 2.88. The summed E-state index contributed by atoms with van der Waals surface area (Å²) in [5.41, 5.74) is 0.538. The first-order valence-electron chi connectivity index (χ1n) is 4.21. The molecule has 0 aliphatic heterocycles. The van der Waals surface area contributed by atoms with E-state index in [9.17, 15) is 10.1 Å². The van der Waals surface area contributed by atoms with Crippen LogP contribution in [0.5, 0.6) is 0 Å². The minimum Gasteiger partial charge on any atom is -0.399 e. The quantitative estimate of drug-likeness (QED) is 0.552. The van der Waals surface area contributed by atoms with Crippen LogP contribution in [0.1, 0.15) is 5.82 Å². The van der Waals surface area contributed by atoms with E-state index in [4.69, 9.17) is 4.42 Å². The Morgan fingerprint density at radius 2 is 2.20 bits per heavy atom. The molecule has 0 aliphatic rings. The third-order valence-corrected chi connectivity index (χ3v) is 1.80. The zero-order chi connectivity index (χ0) is 10.8. The van der Waals surface area contributed by atoms with E-state index in [0.717, 1.165) is 0 Å². The molecule has 0 amide bonds. The van der Waals surface area contributed by atoms with Gasteiger partial charge < -0.3 is 4.42 Å². The second kappa shape index (κ2) is 3.49. The van der Waals surface area contributed by atoms with Gasteiger partial charge in [-0.15, -0.1) is 0 Å². The Morgan fingerprint density at radius 1 is 1.40 bits per heavy atom. The van der Waals surface area contributed by atoms with Gasteiger partial charge in [-0.05, 0) is 19.1 Å². The largest absolute Gasteiger partial charge is 0.433 e. The highest BCUT2D eigenvalue weighted by molar-refractivity contribution is 5.52. The van der Waals surface area contributed by atoms with Crippen LogP contribution in [0.15, 0.2) is 28.8 Å². The molecule has 0 bridgehead atoms. The van der Waals surface area contributed by atoms with E-state index in [-0.39, 0.29) is 5.88 Å². The molecule has 2 aromatic heterocycles. The number of hydrogen-bond acceptors (Lipinski definition) is 5. The van der Waals surface area contributed by atoms with Crippen molar-refractivity contribution in [2.45, 2.75) is 6.92 Å². The lowest BCUT2D eigenvalue weighted by molar-refractivity contribution is -0.401. The Hall–Kier alpha value is -2.24. The first kappa shape index (κ1) is 9.32. The molecule has 2 rings (SSSR count). The van der Waals surface area contributed by atoms with Crippen molar-refractivity contribution in [1.29, 1.82) is 0 Å². The topological polar surface area (TPSA) is 82.1 Å². The predicted molar refractivity (Wildman–Crippen MR) is 51.1 cm³/mol. The molecular formula is C9H7N3O3. The van der Waals surface area contributed by atoms with E-state index in [0.29, 0.717) is 17.3 Å². The summed E-state index contributed by atoms with van der Waals surface area (Å²) in [4.78, 5) is 17.8. The highest BCUT2D eigenvalue weighted by atomic mass is 16.6. The fraction of sp³-hybridized carbons (Fsp3) is 0.111. The second-order valence-corrected chi connectivity index (χ2v) is 2.88. The SMILES string of the molecule is Cc1nccc(-c2ccc([N+](=O)[O-])o2)n1. The average molecular weight is 205 g/mol. The summed E-state index contributed by atoms with van der Waals surface area (Å²) in [5.74, 6) is 0.667. The van der Waals surface area contributed by atoms with Gasteiger partial charge in [-0.3, -0.25) is 10.1 Å². The van der Waals surface area contributed by atoms with Crippen molar-refractivity contribution >= 4 is 5.88 Å². The molecule has 0 saturated heterocycles. The van der Waals surface area contributed by atoms with Crippen LogP contribution in [0.3, 0.4) is 0 Å². The normalized spacial score (nSPS) is 10.2. The van der Waals surface area contributed by atoms with Crippen molar-refractivity contribution in [3.05, 3.63) is 40.3 Å². The van der Waals surface area contributed by atoms with Crippen LogP contribution in [-0.2, 0) is 0 Å². The summed E-state index contributed by atoms with van der Waals surface area (Å²) < 4.78 is 5.00. The van der Waals surface area contributed by atoms with Gasteiger partial charge in [0.1, 0.15) is 16.4 Å². The molecule has 6 heteroatoms. The number of furan rings is 1. The zero-order valence-electron chi connectivity index (χ0n) is 7.88. The number of rotatable bonds is 2. The lowest BCUT2D eigenvalue weighted by Gasteiger charge is -1.95. The number of hydrogen-bond donors (Lipinski definition) is 0. The molecule has 0 N–H and O–H groups in total. The van der Waals surface area contributed by atoms with Gasteiger partial charge in [-0.1, -0.05) is 0 Å². The average Bonchev–Trinajstić information content (AvgIpc) is 2.66. The molecule has 0 spiro atoms. The van der Waals surface area contributed by atoms with Gasteiger partial charge in [0.2, 0.25) is 0 Å². The lowest BCUT2D eigenvalue weighted by Crippen LogP contribution is -1.88. The number of nitro groups is 1. The van der Waals surface area contributed by atoms with Crippen molar-refractivity contribution in [3.63, 3.8) is 0 Å². The molecule has 0 radical (unpaired) electrons. The number of nitrogens with zero attached hydrogens (tertiary/aromatic N) is 3. The van der Waals surface area contributed by atoms with E-state index < -0.39 is 4.92 Å². The number of aromatic nitrogens is 2. The molecule has 0 unspecified atom stereocenters. The van der Waals surface area contributed by atoms with E-state index >= 15 is 0 Å². The van der Waals surface area contributed by atoms with Crippen LogP contribution in [0.4, 0.5) is 5.88 Å².